The number of para-hydroxylation sites is 1. The van der Waals surface area contributed by atoms with Crippen molar-refractivity contribution in [3.63, 3.8) is 0 Å². The third-order valence-electron chi connectivity index (χ3n) is 4.66. The lowest BCUT2D eigenvalue weighted by atomic mass is 10.1. The van der Waals surface area contributed by atoms with Gasteiger partial charge in [0.2, 0.25) is 0 Å². The fourth-order valence-corrected chi connectivity index (χ4v) is 3.39. The first kappa shape index (κ1) is 21.2. The minimum absolute atomic E-state index is 0.00407. The molecular formula is C24H17FN2O4S. The number of carbonyl (C=O) groups is 2. The number of thiocarbonyl (C=S) groups is 1. The Balaban J connectivity index is 1.61. The molecule has 1 N–H and O–H groups in total. The highest BCUT2D eigenvalue weighted by molar-refractivity contribution is 7.80. The maximum atomic E-state index is 13.7. The van der Waals surface area contributed by atoms with Crippen molar-refractivity contribution >= 4 is 40.9 Å². The van der Waals surface area contributed by atoms with Crippen molar-refractivity contribution in [1.29, 1.82) is 0 Å². The number of amides is 2. The van der Waals surface area contributed by atoms with Crippen LogP contribution in [0.4, 0.5) is 10.1 Å². The second kappa shape index (κ2) is 8.99. The number of rotatable bonds is 5. The number of nitrogens with zero attached hydrogens (tertiary/aromatic N) is 1. The molecule has 1 fully saturated rings. The molecule has 160 valence electrons. The van der Waals surface area contributed by atoms with E-state index in [9.17, 15) is 14.0 Å². The van der Waals surface area contributed by atoms with E-state index in [2.05, 4.69) is 5.32 Å². The summed E-state index contributed by atoms with van der Waals surface area (Å²) in [4.78, 5) is 26.8. The van der Waals surface area contributed by atoms with Crippen molar-refractivity contribution in [3.05, 3.63) is 89.8 Å². The molecule has 0 aromatic heterocycles. The summed E-state index contributed by atoms with van der Waals surface area (Å²) in [6, 6.07) is 20.0. The smallest absolute Gasteiger partial charge is 0.270 e. The molecule has 0 spiro atoms. The highest BCUT2D eigenvalue weighted by Crippen LogP contribution is 2.27. The van der Waals surface area contributed by atoms with Crippen LogP contribution in [0.1, 0.15) is 5.56 Å². The van der Waals surface area contributed by atoms with Gasteiger partial charge in [-0.15, -0.1) is 0 Å². The van der Waals surface area contributed by atoms with E-state index in [4.69, 9.17) is 21.7 Å². The van der Waals surface area contributed by atoms with Crippen LogP contribution < -0.4 is 19.7 Å². The fourth-order valence-electron chi connectivity index (χ4n) is 3.11. The molecule has 0 bridgehead atoms. The Morgan fingerprint density at radius 3 is 2.34 bits per heavy atom. The first-order chi connectivity index (χ1) is 15.5. The number of hydrogen-bond donors (Lipinski definition) is 1. The highest BCUT2D eigenvalue weighted by Gasteiger charge is 2.34. The van der Waals surface area contributed by atoms with Crippen LogP contribution in [0.15, 0.2) is 78.4 Å². The zero-order chi connectivity index (χ0) is 22.7. The summed E-state index contributed by atoms with van der Waals surface area (Å²) in [5.74, 6) is -0.521. The number of halogens is 1. The Bertz CT molecular complexity index is 1230. The molecule has 3 aromatic rings. The molecule has 1 heterocycles. The van der Waals surface area contributed by atoms with Crippen molar-refractivity contribution in [1.82, 2.24) is 5.32 Å². The van der Waals surface area contributed by atoms with Gasteiger partial charge in [0, 0.05) is 0 Å². The van der Waals surface area contributed by atoms with Crippen molar-refractivity contribution in [2.45, 2.75) is 0 Å². The summed E-state index contributed by atoms with van der Waals surface area (Å²) < 4.78 is 24.4. The maximum Gasteiger partial charge on any atom is 0.270 e. The SMILES string of the molecule is COc1cc(C=C2C(=O)NC(=S)N(c3ccc(Oc4ccccc4)cc3)C2=O)ccc1F. The van der Waals surface area contributed by atoms with Gasteiger partial charge in [-0.3, -0.25) is 19.8 Å². The third-order valence-corrected chi connectivity index (χ3v) is 4.95. The molecule has 0 aliphatic carbocycles. The normalized spacial score (nSPS) is 15.0. The number of methoxy groups -OCH3 is 1. The largest absolute Gasteiger partial charge is 0.494 e. The van der Waals surface area contributed by atoms with Crippen LogP contribution in [0.25, 0.3) is 6.08 Å². The van der Waals surface area contributed by atoms with E-state index in [0.717, 1.165) is 0 Å². The van der Waals surface area contributed by atoms with Crippen LogP contribution in [-0.2, 0) is 9.59 Å². The fraction of sp³-hybridized carbons (Fsp3) is 0.0417. The minimum Gasteiger partial charge on any atom is -0.494 e. The summed E-state index contributed by atoms with van der Waals surface area (Å²) in [5, 5.41) is 2.48. The van der Waals surface area contributed by atoms with E-state index in [0.29, 0.717) is 22.7 Å². The van der Waals surface area contributed by atoms with Gasteiger partial charge >= 0.3 is 0 Å². The average Bonchev–Trinajstić information content (AvgIpc) is 2.79. The van der Waals surface area contributed by atoms with Crippen molar-refractivity contribution in [2.75, 3.05) is 12.0 Å². The molecule has 2 amide bonds. The standard InChI is InChI=1S/C24H17FN2O4S/c1-30-21-14-15(7-12-20(21)25)13-19-22(28)26-24(32)27(23(19)29)16-8-10-18(11-9-16)31-17-5-3-2-4-6-17/h2-14H,1H3,(H,26,28,32). The topological polar surface area (TPSA) is 67.9 Å². The average molecular weight is 448 g/mol. The number of anilines is 1. The van der Waals surface area contributed by atoms with Crippen molar-refractivity contribution in [2.24, 2.45) is 0 Å². The van der Waals surface area contributed by atoms with Crippen LogP contribution in [0.3, 0.4) is 0 Å². The maximum absolute atomic E-state index is 13.7. The molecule has 3 aromatic carbocycles. The van der Waals surface area contributed by atoms with Crippen molar-refractivity contribution < 1.29 is 23.5 Å². The summed E-state index contributed by atoms with van der Waals surface area (Å²) in [6.07, 6.45) is 1.36. The number of benzene rings is 3. The second-order valence-corrected chi connectivity index (χ2v) is 7.15. The summed E-state index contributed by atoms with van der Waals surface area (Å²) in [5.41, 5.74) is 0.751. The van der Waals surface area contributed by atoms with Gasteiger partial charge in [0.25, 0.3) is 11.8 Å². The van der Waals surface area contributed by atoms with Gasteiger partial charge < -0.3 is 9.47 Å². The Hall–Kier alpha value is -4.04. The molecule has 8 heteroatoms. The van der Waals surface area contributed by atoms with Gasteiger partial charge in [-0.2, -0.15) is 0 Å². The predicted molar refractivity (Wildman–Crippen MR) is 122 cm³/mol. The lowest BCUT2D eigenvalue weighted by molar-refractivity contribution is -0.122. The monoisotopic (exact) mass is 448 g/mol. The van der Waals surface area contributed by atoms with Gasteiger partial charge in [-0.25, -0.2) is 4.39 Å². The van der Waals surface area contributed by atoms with Crippen LogP contribution in [0.5, 0.6) is 17.2 Å². The van der Waals surface area contributed by atoms with E-state index < -0.39 is 17.6 Å². The van der Waals surface area contributed by atoms with Gasteiger partial charge in [0.1, 0.15) is 17.1 Å². The van der Waals surface area contributed by atoms with E-state index in [1.165, 1.54) is 36.3 Å². The summed E-state index contributed by atoms with van der Waals surface area (Å²) in [6.45, 7) is 0. The Morgan fingerprint density at radius 2 is 1.66 bits per heavy atom. The van der Waals surface area contributed by atoms with Crippen LogP contribution in [-0.4, -0.2) is 24.0 Å². The molecule has 1 aliphatic rings. The summed E-state index contributed by atoms with van der Waals surface area (Å²) >= 11 is 5.22. The van der Waals surface area contributed by atoms with Gasteiger partial charge in [-0.05, 0) is 72.4 Å². The molecule has 32 heavy (non-hydrogen) atoms. The Kier molecular flexibility index (Phi) is 5.96. The second-order valence-electron chi connectivity index (χ2n) is 6.76. The molecule has 1 aliphatic heterocycles. The molecular weight excluding hydrogens is 431 g/mol. The molecule has 0 radical (unpaired) electrons. The molecule has 0 atom stereocenters. The third kappa shape index (κ3) is 4.35. The zero-order valence-corrected chi connectivity index (χ0v) is 17.7. The number of ether oxygens (including phenoxy) is 2. The zero-order valence-electron chi connectivity index (χ0n) is 16.9. The van der Waals surface area contributed by atoms with E-state index in [1.807, 2.05) is 30.3 Å². The minimum atomic E-state index is -0.636. The van der Waals surface area contributed by atoms with Crippen LogP contribution in [0, 0.1) is 5.82 Å². The molecule has 4 rings (SSSR count). The van der Waals surface area contributed by atoms with Gasteiger partial charge in [0.15, 0.2) is 16.7 Å². The molecule has 0 unspecified atom stereocenters. The lowest BCUT2D eigenvalue weighted by Crippen LogP contribution is -2.54. The lowest BCUT2D eigenvalue weighted by Gasteiger charge is -2.29. The quantitative estimate of drug-likeness (QED) is 0.355. The summed E-state index contributed by atoms with van der Waals surface area (Å²) in [7, 11) is 1.33. The van der Waals surface area contributed by atoms with Crippen LogP contribution in [0.2, 0.25) is 0 Å². The number of hydrogen-bond acceptors (Lipinski definition) is 5. The van der Waals surface area contributed by atoms with Crippen molar-refractivity contribution in [3.8, 4) is 17.2 Å². The van der Waals surface area contributed by atoms with Gasteiger partial charge in [0.05, 0.1) is 12.8 Å². The van der Waals surface area contributed by atoms with E-state index in [-0.39, 0.29) is 16.4 Å². The highest BCUT2D eigenvalue weighted by atomic mass is 32.1. The molecule has 0 saturated carbocycles. The molecule has 1 saturated heterocycles. The first-order valence-electron chi connectivity index (χ1n) is 9.54. The Labute approximate surface area is 188 Å². The van der Waals surface area contributed by atoms with E-state index in [1.54, 1.807) is 24.3 Å². The number of carbonyl (C=O) groups excluding carboxylic acids is 2. The predicted octanol–water partition coefficient (Wildman–Crippen LogP) is 4.46. The first-order valence-corrected chi connectivity index (χ1v) is 9.95. The van der Waals surface area contributed by atoms with E-state index >= 15 is 0 Å². The van der Waals surface area contributed by atoms with Gasteiger partial charge in [-0.1, -0.05) is 24.3 Å². The number of nitrogens with one attached hydrogen (secondary N) is 1. The Morgan fingerprint density at radius 1 is 0.969 bits per heavy atom. The van der Waals surface area contributed by atoms with Crippen LogP contribution >= 0.6 is 12.2 Å². The molecule has 6 nitrogen and oxygen atoms in total.